The summed E-state index contributed by atoms with van der Waals surface area (Å²) >= 11 is 0. The molecule has 0 unspecified atom stereocenters. The Bertz CT molecular complexity index is 1490. The summed E-state index contributed by atoms with van der Waals surface area (Å²) in [6, 6.07) is 16.5. The SMILES string of the molecule is CC(C)(C)c1ccc(C(=O)/C=C(\C(=O)c2ccc(C(=O)NC[C@@H](O)C(=O)O)cc2)c2ccc(OC(F)(F)F)cc2)cc1. The zero-order chi connectivity index (χ0) is 31.2. The minimum Gasteiger partial charge on any atom is -0.479 e. The lowest BCUT2D eigenvalue weighted by atomic mass is 9.86. The number of ketones is 2. The predicted molar refractivity (Wildman–Crippen MR) is 147 cm³/mol. The van der Waals surface area contributed by atoms with E-state index in [1.807, 2.05) is 20.8 Å². The fraction of sp³-hybridized carbons (Fsp3) is 0.226. The van der Waals surface area contributed by atoms with E-state index in [0.717, 1.165) is 23.8 Å². The Hall–Kier alpha value is -4.77. The van der Waals surface area contributed by atoms with E-state index in [4.69, 9.17) is 5.11 Å². The van der Waals surface area contributed by atoms with Gasteiger partial charge in [0, 0.05) is 22.3 Å². The molecule has 0 radical (unpaired) electrons. The van der Waals surface area contributed by atoms with Gasteiger partial charge < -0.3 is 20.3 Å². The first-order valence-corrected chi connectivity index (χ1v) is 12.6. The molecule has 1 atom stereocenters. The lowest BCUT2D eigenvalue weighted by Gasteiger charge is -2.18. The number of aliphatic carboxylic acids is 1. The van der Waals surface area contributed by atoms with Crippen molar-refractivity contribution < 1.29 is 47.3 Å². The van der Waals surface area contributed by atoms with Crippen molar-refractivity contribution in [2.24, 2.45) is 0 Å². The Balaban J connectivity index is 1.93. The van der Waals surface area contributed by atoms with Crippen LogP contribution in [0.2, 0.25) is 0 Å². The van der Waals surface area contributed by atoms with Gasteiger partial charge in [0.05, 0.1) is 6.54 Å². The molecule has 0 aliphatic heterocycles. The summed E-state index contributed by atoms with van der Waals surface area (Å²) in [5, 5.41) is 20.3. The molecule has 3 aromatic carbocycles. The average Bonchev–Trinajstić information content (AvgIpc) is 2.93. The van der Waals surface area contributed by atoms with Crippen LogP contribution in [0.25, 0.3) is 5.57 Å². The van der Waals surface area contributed by atoms with Crippen LogP contribution in [0.1, 0.15) is 63.0 Å². The number of hydrogen-bond acceptors (Lipinski definition) is 6. The molecule has 11 heteroatoms. The third-order valence-electron chi connectivity index (χ3n) is 6.10. The molecule has 0 spiro atoms. The Morgan fingerprint density at radius 3 is 1.81 bits per heavy atom. The number of ether oxygens (including phenoxy) is 1. The maximum absolute atomic E-state index is 13.6. The van der Waals surface area contributed by atoms with Crippen LogP contribution < -0.4 is 10.1 Å². The van der Waals surface area contributed by atoms with Crippen molar-refractivity contribution in [1.29, 1.82) is 0 Å². The van der Waals surface area contributed by atoms with Crippen molar-refractivity contribution in [3.63, 3.8) is 0 Å². The fourth-order valence-corrected chi connectivity index (χ4v) is 3.77. The first-order chi connectivity index (χ1) is 19.5. The van der Waals surface area contributed by atoms with Crippen LogP contribution in [0, 0.1) is 0 Å². The van der Waals surface area contributed by atoms with Crippen LogP contribution in [0.5, 0.6) is 5.75 Å². The number of aliphatic hydroxyl groups excluding tert-OH is 1. The summed E-state index contributed by atoms with van der Waals surface area (Å²) < 4.78 is 41.8. The minimum absolute atomic E-state index is 0.0647. The van der Waals surface area contributed by atoms with E-state index in [0.29, 0.717) is 5.56 Å². The van der Waals surface area contributed by atoms with Gasteiger partial charge in [0.1, 0.15) is 5.75 Å². The highest BCUT2D eigenvalue weighted by Gasteiger charge is 2.31. The maximum Gasteiger partial charge on any atom is 0.573 e. The normalized spacial score (nSPS) is 12.8. The van der Waals surface area contributed by atoms with Gasteiger partial charge in [-0.05, 0) is 46.9 Å². The summed E-state index contributed by atoms with van der Waals surface area (Å²) in [4.78, 5) is 49.7. The summed E-state index contributed by atoms with van der Waals surface area (Å²) in [6.07, 6.45) is -5.61. The lowest BCUT2D eigenvalue weighted by molar-refractivity contribution is -0.274. The number of carbonyl (C=O) groups excluding carboxylic acids is 3. The van der Waals surface area contributed by atoms with E-state index in [2.05, 4.69) is 10.1 Å². The van der Waals surface area contributed by atoms with Gasteiger partial charge >= 0.3 is 12.3 Å². The van der Waals surface area contributed by atoms with Crippen molar-refractivity contribution in [1.82, 2.24) is 5.32 Å². The minimum atomic E-state index is -4.91. The van der Waals surface area contributed by atoms with E-state index >= 15 is 0 Å². The highest BCUT2D eigenvalue weighted by molar-refractivity contribution is 6.32. The summed E-state index contributed by atoms with van der Waals surface area (Å²) in [7, 11) is 0. The van der Waals surface area contributed by atoms with Crippen molar-refractivity contribution in [2.45, 2.75) is 38.7 Å². The second kappa shape index (κ2) is 12.8. The van der Waals surface area contributed by atoms with Gasteiger partial charge in [0.2, 0.25) is 0 Å². The molecule has 3 rings (SSSR count). The van der Waals surface area contributed by atoms with E-state index in [1.165, 1.54) is 36.4 Å². The maximum atomic E-state index is 13.6. The molecule has 3 aromatic rings. The van der Waals surface area contributed by atoms with Gasteiger partial charge in [0.25, 0.3) is 5.91 Å². The quantitative estimate of drug-likeness (QED) is 0.221. The lowest BCUT2D eigenvalue weighted by Crippen LogP contribution is -2.36. The largest absolute Gasteiger partial charge is 0.573 e. The average molecular weight is 584 g/mol. The van der Waals surface area contributed by atoms with Gasteiger partial charge in [-0.3, -0.25) is 14.4 Å². The summed E-state index contributed by atoms with van der Waals surface area (Å²) in [5.74, 6) is -3.87. The second-order valence-electron chi connectivity index (χ2n) is 10.3. The number of nitrogens with one attached hydrogen (secondary N) is 1. The van der Waals surface area contributed by atoms with Crippen molar-refractivity contribution in [3.8, 4) is 5.75 Å². The van der Waals surface area contributed by atoms with Crippen LogP contribution in [0.3, 0.4) is 0 Å². The molecule has 0 saturated carbocycles. The van der Waals surface area contributed by atoms with Crippen LogP contribution in [0.4, 0.5) is 13.2 Å². The molecular formula is C31H28F3NO7. The van der Waals surface area contributed by atoms with E-state index in [-0.39, 0.29) is 27.7 Å². The first kappa shape index (κ1) is 31.8. The third-order valence-corrected chi connectivity index (χ3v) is 6.10. The number of amides is 1. The topological polar surface area (TPSA) is 130 Å². The number of rotatable bonds is 10. The van der Waals surface area contributed by atoms with Crippen molar-refractivity contribution in [3.05, 3.63) is 107 Å². The molecule has 1 amide bonds. The molecule has 220 valence electrons. The molecule has 0 bridgehead atoms. The second-order valence-corrected chi connectivity index (χ2v) is 10.3. The van der Waals surface area contributed by atoms with Gasteiger partial charge in [-0.1, -0.05) is 69.3 Å². The number of benzene rings is 3. The molecular weight excluding hydrogens is 555 g/mol. The number of aliphatic hydroxyl groups is 1. The fourth-order valence-electron chi connectivity index (χ4n) is 3.77. The van der Waals surface area contributed by atoms with Crippen LogP contribution in [-0.2, 0) is 10.2 Å². The number of alkyl halides is 3. The van der Waals surface area contributed by atoms with Crippen molar-refractivity contribution in [2.75, 3.05) is 6.54 Å². The molecule has 0 heterocycles. The molecule has 8 nitrogen and oxygen atoms in total. The van der Waals surface area contributed by atoms with Crippen molar-refractivity contribution >= 4 is 29.0 Å². The van der Waals surface area contributed by atoms with E-state index in [9.17, 15) is 37.5 Å². The Kier molecular flexibility index (Phi) is 9.69. The number of carbonyl (C=O) groups is 4. The highest BCUT2D eigenvalue weighted by atomic mass is 19.4. The monoisotopic (exact) mass is 583 g/mol. The van der Waals surface area contributed by atoms with E-state index < -0.39 is 48.2 Å². The first-order valence-electron chi connectivity index (χ1n) is 12.6. The number of halogens is 3. The van der Waals surface area contributed by atoms with Gasteiger partial charge in [-0.25, -0.2) is 4.79 Å². The number of Topliss-reactive ketones (excluding diaryl/α,β-unsaturated/α-hetero) is 1. The Morgan fingerprint density at radius 2 is 1.31 bits per heavy atom. The van der Waals surface area contributed by atoms with Crippen LogP contribution in [0.15, 0.2) is 78.9 Å². The Labute approximate surface area is 239 Å². The number of carboxylic acids is 1. The van der Waals surface area contributed by atoms with E-state index in [1.54, 1.807) is 24.3 Å². The molecule has 0 aliphatic rings. The van der Waals surface area contributed by atoms with Crippen LogP contribution in [-0.4, -0.2) is 52.7 Å². The molecule has 0 saturated heterocycles. The smallest absolute Gasteiger partial charge is 0.479 e. The third kappa shape index (κ3) is 8.61. The standard InChI is InChI=1S/C31H28F3NO7/c1-30(2,3)22-12-8-19(9-13-22)25(36)16-24(18-10-14-23(15-11-18)42-31(32,33)34)27(38)20-4-6-21(7-5-20)28(39)35-17-26(37)29(40)41/h4-16,26,37H,17H2,1-3H3,(H,35,39)(H,40,41)/b24-16-/t26-/m1/s1. The van der Waals surface area contributed by atoms with Gasteiger partial charge in [-0.2, -0.15) is 0 Å². The van der Waals surface area contributed by atoms with Crippen LogP contribution >= 0.6 is 0 Å². The summed E-state index contributed by atoms with van der Waals surface area (Å²) in [6.45, 7) is 5.51. The molecule has 0 aliphatic carbocycles. The zero-order valence-electron chi connectivity index (χ0n) is 22.9. The molecule has 3 N–H and O–H groups in total. The highest BCUT2D eigenvalue weighted by Crippen LogP contribution is 2.28. The molecule has 42 heavy (non-hydrogen) atoms. The molecule has 0 fully saturated rings. The number of hydrogen-bond donors (Lipinski definition) is 3. The number of carboxylic acid groups (broad SMARTS) is 1. The predicted octanol–water partition coefficient (Wildman–Crippen LogP) is 5.21. The Morgan fingerprint density at radius 1 is 0.810 bits per heavy atom. The molecule has 0 aromatic heterocycles. The van der Waals surface area contributed by atoms with Gasteiger partial charge in [0.15, 0.2) is 17.7 Å². The summed E-state index contributed by atoms with van der Waals surface area (Å²) in [5.41, 5.74) is 1.30. The zero-order valence-corrected chi connectivity index (χ0v) is 22.9. The number of allylic oxidation sites excluding steroid dienone is 2. The van der Waals surface area contributed by atoms with Gasteiger partial charge in [-0.15, -0.1) is 13.2 Å².